The molecule has 0 heterocycles. The van der Waals surface area contributed by atoms with Crippen LogP contribution in [0.2, 0.25) is 20.1 Å². The average molecular weight is 638 g/mol. The topological polar surface area (TPSA) is 108 Å². The predicted molar refractivity (Wildman–Crippen MR) is 147 cm³/mol. The van der Waals surface area contributed by atoms with Gasteiger partial charge in [0.1, 0.15) is 11.5 Å². The summed E-state index contributed by atoms with van der Waals surface area (Å²) in [6.07, 6.45) is 1.94. The van der Waals surface area contributed by atoms with E-state index in [0.717, 1.165) is 12.2 Å². The fourth-order valence-electron chi connectivity index (χ4n) is 2.98. The molecule has 0 saturated heterocycles. The summed E-state index contributed by atoms with van der Waals surface area (Å²) >= 11 is 25.2. The first-order valence-corrected chi connectivity index (χ1v) is 13.0. The maximum atomic E-state index is 13.1. The summed E-state index contributed by atoms with van der Waals surface area (Å²) in [5, 5.41) is 0.0757. The molecule has 0 unspecified atom stereocenters. The lowest BCUT2D eigenvalue weighted by Gasteiger charge is -2.18. The largest absolute Gasteiger partial charge is 0.467 e. The molecule has 216 valence electrons. The van der Waals surface area contributed by atoms with E-state index in [1.807, 2.05) is 0 Å². The third-order valence-corrected chi connectivity index (χ3v) is 5.97. The molecule has 0 spiro atoms. The first-order valence-electron chi connectivity index (χ1n) is 11.5. The molecule has 0 aliphatic heterocycles. The fourth-order valence-corrected chi connectivity index (χ4v) is 4.07. The second-order valence-electron chi connectivity index (χ2n) is 7.71. The van der Waals surface area contributed by atoms with Gasteiger partial charge in [-0.3, -0.25) is 9.59 Å². The number of methoxy groups -OCH3 is 2. The van der Waals surface area contributed by atoms with Gasteiger partial charge in [-0.05, 0) is 0 Å². The number of ketones is 2. The van der Waals surface area contributed by atoms with Crippen LogP contribution in [0.4, 0.5) is 0 Å². The molecule has 0 N–H and O–H groups in total. The maximum Gasteiger partial charge on any atom is 0.263 e. The number of allylic oxidation sites excluding steroid dienone is 2. The normalized spacial score (nSPS) is 13.2. The number of hydrogen-bond donors (Lipinski definition) is 0. The van der Waals surface area contributed by atoms with E-state index in [-0.39, 0.29) is 56.7 Å². The van der Waals surface area contributed by atoms with Gasteiger partial charge in [0.2, 0.25) is 0 Å². The summed E-state index contributed by atoms with van der Waals surface area (Å²) in [5.41, 5.74) is 0. The van der Waals surface area contributed by atoms with Crippen LogP contribution in [-0.2, 0) is 28.5 Å². The molecular weight excluding hydrogens is 614 g/mol. The van der Waals surface area contributed by atoms with Gasteiger partial charge in [-0.2, -0.15) is 0 Å². The molecule has 0 radical (unpaired) electrons. The van der Waals surface area contributed by atoms with E-state index in [0.29, 0.717) is 37.9 Å². The number of carbonyl (C=O) groups excluding carboxylic acids is 2. The van der Waals surface area contributed by atoms with Gasteiger partial charge in [0.05, 0.1) is 46.5 Å². The van der Waals surface area contributed by atoms with Crippen LogP contribution < -0.4 is 18.9 Å². The molecule has 1 aliphatic rings. The molecule has 3 rings (SSSR count). The highest BCUT2D eigenvalue weighted by Gasteiger charge is 2.29. The van der Waals surface area contributed by atoms with Gasteiger partial charge in [-0.25, -0.2) is 0 Å². The summed E-state index contributed by atoms with van der Waals surface area (Å²) in [7, 11) is 3.10. The van der Waals surface area contributed by atoms with Crippen molar-refractivity contribution in [3.63, 3.8) is 0 Å². The monoisotopic (exact) mass is 636 g/mol. The molecule has 10 nitrogen and oxygen atoms in total. The second-order valence-corrected chi connectivity index (χ2v) is 9.34. The van der Waals surface area contributed by atoms with Gasteiger partial charge in [-0.15, -0.1) is 0 Å². The highest BCUT2D eigenvalue weighted by Crippen LogP contribution is 2.40. The third kappa shape index (κ3) is 9.25. The van der Waals surface area contributed by atoms with Crippen LogP contribution >= 0.6 is 46.4 Å². The Morgan fingerprint density at radius 3 is 1.32 bits per heavy atom. The van der Waals surface area contributed by atoms with Crippen LogP contribution in [0.25, 0.3) is 0 Å². The van der Waals surface area contributed by atoms with Crippen LogP contribution in [0, 0.1) is 0 Å². The van der Waals surface area contributed by atoms with Crippen molar-refractivity contribution in [3.05, 3.63) is 68.0 Å². The van der Waals surface area contributed by atoms with Gasteiger partial charge in [0, 0.05) is 50.6 Å². The lowest BCUT2D eigenvalue weighted by molar-refractivity contribution is -0.118. The van der Waals surface area contributed by atoms with Crippen molar-refractivity contribution >= 4 is 58.0 Å². The average Bonchev–Trinajstić information content (AvgIpc) is 2.90. The number of Topliss-reactive ketones (excluding diaryl/α,β-unsaturated/α-hetero) is 1. The summed E-state index contributed by atoms with van der Waals surface area (Å²) in [6, 6.07) is 5.66. The van der Waals surface area contributed by atoms with Crippen molar-refractivity contribution in [3.8, 4) is 23.0 Å². The fraction of sp³-hybridized carbons (Fsp3) is 0.308. The van der Waals surface area contributed by atoms with E-state index >= 15 is 0 Å². The second kappa shape index (κ2) is 16.0. The minimum Gasteiger partial charge on any atom is -0.467 e. The number of ether oxygens (including phenoxy) is 8. The highest BCUT2D eigenvalue weighted by molar-refractivity contribution is 6.38. The Bertz CT molecular complexity index is 1140. The predicted octanol–water partition coefficient (Wildman–Crippen LogP) is 5.68. The Morgan fingerprint density at radius 2 is 0.975 bits per heavy atom. The van der Waals surface area contributed by atoms with Crippen molar-refractivity contribution < 1.29 is 47.5 Å². The van der Waals surface area contributed by atoms with Crippen molar-refractivity contribution in [1.82, 2.24) is 0 Å². The molecule has 2 aromatic rings. The van der Waals surface area contributed by atoms with Gasteiger partial charge in [-0.1, -0.05) is 46.4 Å². The van der Waals surface area contributed by atoms with E-state index in [2.05, 4.69) is 0 Å². The molecule has 14 heteroatoms. The van der Waals surface area contributed by atoms with E-state index in [1.54, 1.807) is 14.2 Å². The van der Waals surface area contributed by atoms with Crippen LogP contribution in [0.3, 0.4) is 0 Å². The van der Waals surface area contributed by atoms with Crippen LogP contribution in [-0.4, -0.2) is 65.8 Å². The first kappa shape index (κ1) is 32.0. The van der Waals surface area contributed by atoms with Crippen LogP contribution in [0.5, 0.6) is 23.0 Å². The van der Waals surface area contributed by atoms with Gasteiger partial charge < -0.3 is 37.9 Å². The Kier molecular flexibility index (Phi) is 12.8. The Morgan fingerprint density at radius 1 is 0.600 bits per heavy atom. The summed E-state index contributed by atoms with van der Waals surface area (Å²) < 4.78 is 42.4. The number of halogens is 4. The zero-order chi connectivity index (χ0) is 29.1. The first-order chi connectivity index (χ1) is 19.2. The summed E-state index contributed by atoms with van der Waals surface area (Å²) in [5.74, 6) is -1.71. The van der Waals surface area contributed by atoms with Gasteiger partial charge in [0.25, 0.3) is 5.78 Å². The van der Waals surface area contributed by atoms with E-state index in [1.165, 1.54) is 24.3 Å². The SMILES string of the molecule is COCCOCOc1cc(Cl)c(OC2=CC(=O)C=C(Oc3c(Cl)cc(OCOCCOC)cc3Cl)C2=O)c(Cl)c1. The molecule has 0 bridgehead atoms. The standard InChI is InChI=1S/C26H24Cl4O10/c1-33-3-5-35-13-37-16-9-18(27)25(19(28)10-16)39-22-7-15(31)8-23(24(22)32)40-26-20(29)11-17(12-21(26)30)38-14-36-6-4-34-2/h7-12H,3-6,13-14H2,1-2H3. The smallest absolute Gasteiger partial charge is 0.263 e. The van der Waals surface area contributed by atoms with E-state index in [9.17, 15) is 9.59 Å². The van der Waals surface area contributed by atoms with Crippen molar-refractivity contribution in [2.24, 2.45) is 0 Å². The van der Waals surface area contributed by atoms with Gasteiger partial charge in [0.15, 0.2) is 42.4 Å². The Hall–Kier alpha value is -2.54. The number of benzene rings is 2. The molecule has 0 fully saturated rings. The maximum absolute atomic E-state index is 13.1. The zero-order valence-electron chi connectivity index (χ0n) is 21.3. The summed E-state index contributed by atoms with van der Waals surface area (Å²) in [6.45, 7) is 1.34. The molecule has 0 amide bonds. The highest BCUT2D eigenvalue weighted by atomic mass is 35.5. The van der Waals surface area contributed by atoms with Crippen LogP contribution in [0.1, 0.15) is 0 Å². The van der Waals surface area contributed by atoms with Crippen LogP contribution in [0.15, 0.2) is 47.9 Å². The number of hydrogen-bond acceptors (Lipinski definition) is 10. The number of rotatable bonds is 16. The molecule has 0 aromatic heterocycles. The number of carbonyl (C=O) groups is 2. The van der Waals surface area contributed by atoms with Crippen molar-refractivity contribution in [2.45, 2.75) is 0 Å². The van der Waals surface area contributed by atoms with E-state index < -0.39 is 11.6 Å². The molecular formula is C26H24Cl4O10. The van der Waals surface area contributed by atoms with E-state index in [4.69, 9.17) is 84.3 Å². The molecule has 0 atom stereocenters. The summed E-state index contributed by atoms with van der Waals surface area (Å²) in [4.78, 5) is 25.5. The zero-order valence-corrected chi connectivity index (χ0v) is 24.3. The quantitative estimate of drug-likeness (QED) is 0.130. The third-order valence-electron chi connectivity index (χ3n) is 4.84. The van der Waals surface area contributed by atoms with Gasteiger partial charge >= 0.3 is 0 Å². The Balaban J connectivity index is 1.67. The Labute approximate surface area is 250 Å². The molecule has 0 saturated carbocycles. The van der Waals surface area contributed by atoms with Crippen molar-refractivity contribution in [1.29, 1.82) is 0 Å². The lowest BCUT2D eigenvalue weighted by Crippen LogP contribution is -2.22. The molecule has 2 aromatic carbocycles. The minimum atomic E-state index is -0.780. The lowest BCUT2D eigenvalue weighted by atomic mass is 10.1. The molecule has 40 heavy (non-hydrogen) atoms. The van der Waals surface area contributed by atoms with Crippen molar-refractivity contribution in [2.75, 3.05) is 54.2 Å². The molecule has 1 aliphatic carbocycles. The minimum absolute atomic E-state index is 0.0189.